The van der Waals surface area contributed by atoms with E-state index in [0.717, 1.165) is 12.8 Å². The van der Waals surface area contributed by atoms with Crippen molar-refractivity contribution in [1.82, 2.24) is 14.1 Å². The van der Waals surface area contributed by atoms with Crippen molar-refractivity contribution in [3.05, 3.63) is 12.4 Å². The number of rotatable bonds is 7. The predicted octanol–water partition coefficient (Wildman–Crippen LogP) is -0.143. The van der Waals surface area contributed by atoms with Crippen LogP contribution in [-0.2, 0) is 21.5 Å². The Balaban J connectivity index is 1.98. The Morgan fingerprint density at radius 1 is 1.57 bits per heavy atom. The van der Waals surface area contributed by atoms with Crippen LogP contribution in [0.15, 0.2) is 12.4 Å². The lowest BCUT2D eigenvalue weighted by molar-refractivity contribution is 0.183. The van der Waals surface area contributed by atoms with Crippen LogP contribution in [0.2, 0.25) is 0 Å². The molecular formula is C12H23N5O3S. The monoisotopic (exact) mass is 317 g/mol. The van der Waals surface area contributed by atoms with Crippen molar-refractivity contribution in [2.24, 2.45) is 11.7 Å². The first-order valence-corrected chi connectivity index (χ1v) is 8.48. The van der Waals surface area contributed by atoms with Gasteiger partial charge in [0.25, 0.3) is 0 Å². The van der Waals surface area contributed by atoms with Crippen molar-refractivity contribution < 1.29 is 13.2 Å². The number of nitrogens with two attached hydrogens (primary N) is 1. The first-order valence-electron chi connectivity index (χ1n) is 7.04. The van der Waals surface area contributed by atoms with Crippen LogP contribution < -0.4 is 10.5 Å². The maximum absolute atomic E-state index is 12.4. The molecule has 2 rings (SSSR count). The molecule has 1 aliphatic rings. The highest BCUT2D eigenvalue weighted by Crippen LogP contribution is 2.19. The minimum atomic E-state index is -3.54. The van der Waals surface area contributed by atoms with Crippen molar-refractivity contribution in [2.75, 3.05) is 38.1 Å². The third-order valence-electron chi connectivity index (χ3n) is 3.56. The zero-order valence-corrected chi connectivity index (χ0v) is 13.1. The number of ether oxygens (including phenoxy) is 1. The second-order valence-corrected chi connectivity index (χ2v) is 6.86. The first kappa shape index (κ1) is 16.2. The summed E-state index contributed by atoms with van der Waals surface area (Å²) in [6.45, 7) is 2.63. The van der Waals surface area contributed by atoms with E-state index in [0.29, 0.717) is 38.5 Å². The molecule has 1 saturated heterocycles. The number of anilines is 1. The lowest BCUT2D eigenvalue weighted by Crippen LogP contribution is -2.44. The second kappa shape index (κ2) is 7.21. The van der Waals surface area contributed by atoms with Crippen molar-refractivity contribution >= 4 is 15.9 Å². The van der Waals surface area contributed by atoms with Gasteiger partial charge in [0.15, 0.2) is 0 Å². The van der Waals surface area contributed by atoms with Gasteiger partial charge in [0.05, 0.1) is 25.0 Å². The molecule has 9 heteroatoms. The molecule has 1 atom stereocenters. The van der Waals surface area contributed by atoms with E-state index in [4.69, 9.17) is 10.5 Å². The summed E-state index contributed by atoms with van der Waals surface area (Å²) in [4.78, 5) is 0. The third kappa shape index (κ3) is 4.40. The van der Waals surface area contributed by atoms with Gasteiger partial charge in [-0.2, -0.15) is 17.8 Å². The highest BCUT2D eigenvalue weighted by Gasteiger charge is 2.28. The second-order valence-electron chi connectivity index (χ2n) is 5.19. The number of nitrogens with zero attached hydrogens (tertiary/aromatic N) is 3. The maximum atomic E-state index is 12.4. The van der Waals surface area contributed by atoms with Crippen LogP contribution in [0, 0.1) is 5.92 Å². The molecule has 120 valence electrons. The molecular weight excluding hydrogens is 294 g/mol. The Bertz CT molecular complexity index is 545. The summed E-state index contributed by atoms with van der Waals surface area (Å²) in [5, 5.41) is 4.09. The summed E-state index contributed by atoms with van der Waals surface area (Å²) >= 11 is 0. The fraction of sp³-hybridized carbons (Fsp3) is 0.750. The van der Waals surface area contributed by atoms with Gasteiger partial charge >= 0.3 is 10.2 Å². The molecule has 0 aromatic carbocycles. The van der Waals surface area contributed by atoms with Gasteiger partial charge in [0.2, 0.25) is 0 Å². The van der Waals surface area contributed by atoms with Gasteiger partial charge in [0, 0.05) is 26.4 Å². The lowest BCUT2D eigenvalue weighted by atomic mass is 10.0. The highest BCUT2D eigenvalue weighted by atomic mass is 32.2. The van der Waals surface area contributed by atoms with Crippen molar-refractivity contribution in [3.63, 3.8) is 0 Å². The van der Waals surface area contributed by atoms with Crippen LogP contribution in [0.4, 0.5) is 5.69 Å². The summed E-state index contributed by atoms with van der Waals surface area (Å²) < 4.78 is 35.3. The molecule has 0 radical (unpaired) electrons. The summed E-state index contributed by atoms with van der Waals surface area (Å²) in [7, 11) is -1.93. The van der Waals surface area contributed by atoms with Crippen molar-refractivity contribution in [2.45, 2.75) is 19.4 Å². The van der Waals surface area contributed by atoms with E-state index in [-0.39, 0.29) is 5.92 Å². The smallest absolute Gasteiger partial charge is 0.301 e. The molecule has 1 aromatic rings. The number of methoxy groups -OCH3 is 1. The molecule has 0 aliphatic carbocycles. The van der Waals surface area contributed by atoms with Crippen molar-refractivity contribution in [1.29, 1.82) is 0 Å². The predicted molar refractivity (Wildman–Crippen MR) is 80.0 cm³/mol. The van der Waals surface area contributed by atoms with Crippen LogP contribution in [0.1, 0.15) is 12.8 Å². The molecule has 1 aliphatic heterocycles. The Hall–Kier alpha value is -1.16. The third-order valence-corrected chi connectivity index (χ3v) is 5.06. The lowest BCUT2D eigenvalue weighted by Gasteiger charge is -2.31. The quantitative estimate of drug-likeness (QED) is 0.728. The summed E-state index contributed by atoms with van der Waals surface area (Å²) in [5.41, 5.74) is 6.10. The van der Waals surface area contributed by atoms with Gasteiger partial charge in [-0.1, -0.05) is 0 Å². The Kier molecular flexibility index (Phi) is 5.57. The number of aromatic nitrogens is 2. The molecule has 0 bridgehead atoms. The summed E-state index contributed by atoms with van der Waals surface area (Å²) in [6, 6.07) is 0. The molecule has 0 spiro atoms. The summed E-state index contributed by atoms with van der Waals surface area (Å²) in [6.07, 6.45) is 4.98. The van der Waals surface area contributed by atoms with Crippen LogP contribution in [0.3, 0.4) is 0 Å². The molecule has 3 N–H and O–H groups in total. The van der Waals surface area contributed by atoms with Crippen LogP contribution in [-0.4, -0.2) is 55.9 Å². The van der Waals surface area contributed by atoms with Gasteiger partial charge in [-0.3, -0.25) is 9.40 Å². The maximum Gasteiger partial charge on any atom is 0.301 e. The highest BCUT2D eigenvalue weighted by molar-refractivity contribution is 7.90. The van der Waals surface area contributed by atoms with E-state index < -0.39 is 10.2 Å². The molecule has 21 heavy (non-hydrogen) atoms. The van der Waals surface area contributed by atoms with E-state index in [1.807, 2.05) is 0 Å². The van der Waals surface area contributed by atoms with Gasteiger partial charge in [-0.25, -0.2) is 0 Å². The van der Waals surface area contributed by atoms with E-state index >= 15 is 0 Å². The van der Waals surface area contributed by atoms with E-state index in [2.05, 4.69) is 9.82 Å². The fourth-order valence-corrected chi connectivity index (χ4v) is 3.68. The minimum Gasteiger partial charge on any atom is -0.383 e. The zero-order valence-electron chi connectivity index (χ0n) is 12.2. The number of piperidine rings is 1. The van der Waals surface area contributed by atoms with Gasteiger partial charge in [-0.05, 0) is 25.3 Å². The van der Waals surface area contributed by atoms with Gasteiger partial charge in [-0.15, -0.1) is 0 Å². The van der Waals surface area contributed by atoms with Gasteiger partial charge in [0.1, 0.15) is 0 Å². The van der Waals surface area contributed by atoms with Crippen LogP contribution in [0.5, 0.6) is 0 Å². The molecule has 1 unspecified atom stereocenters. The Morgan fingerprint density at radius 2 is 2.38 bits per heavy atom. The average Bonchev–Trinajstić information content (AvgIpc) is 2.92. The topological polar surface area (TPSA) is 102 Å². The Labute approximate surface area is 125 Å². The molecule has 1 aromatic heterocycles. The average molecular weight is 317 g/mol. The van der Waals surface area contributed by atoms with Gasteiger partial charge < -0.3 is 10.5 Å². The molecule has 1 fully saturated rings. The molecule has 8 nitrogen and oxygen atoms in total. The normalized spacial score (nSPS) is 20.6. The SMILES string of the molecule is COCCn1cc(NS(=O)(=O)N2CCCC(CN)C2)cn1. The van der Waals surface area contributed by atoms with E-state index in [1.165, 1.54) is 10.5 Å². The van der Waals surface area contributed by atoms with E-state index in [1.54, 1.807) is 18.0 Å². The summed E-state index contributed by atoms with van der Waals surface area (Å²) in [5.74, 6) is 0.236. The molecule has 0 amide bonds. The zero-order chi connectivity index (χ0) is 15.3. The van der Waals surface area contributed by atoms with Crippen LogP contribution >= 0.6 is 0 Å². The number of hydrogen-bond acceptors (Lipinski definition) is 5. The minimum absolute atomic E-state index is 0.236. The van der Waals surface area contributed by atoms with E-state index in [9.17, 15) is 8.42 Å². The molecule has 0 saturated carbocycles. The fourth-order valence-electron chi connectivity index (χ4n) is 2.37. The van der Waals surface area contributed by atoms with Crippen LogP contribution in [0.25, 0.3) is 0 Å². The largest absolute Gasteiger partial charge is 0.383 e. The Morgan fingerprint density at radius 3 is 3.10 bits per heavy atom. The number of nitrogens with one attached hydrogen (secondary N) is 1. The standard InChI is InChI=1S/C12H23N5O3S/c1-20-6-5-16-10-12(8-14-16)15-21(18,19)17-4-2-3-11(7-13)9-17/h8,10-11,15H,2-7,9,13H2,1H3. The molecule has 2 heterocycles. The number of hydrogen-bond donors (Lipinski definition) is 2. The first-order chi connectivity index (χ1) is 10.0. The van der Waals surface area contributed by atoms with Crippen molar-refractivity contribution in [3.8, 4) is 0 Å².